The lowest BCUT2D eigenvalue weighted by Crippen LogP contribution is -1.98. The Morgan fingerprint density at radius 3 is 2.81 bits per heavy atom. The molecule has 82 valence electrons. The van der Waals surface area contributed by atoms with E-state index in [4.69, 9.17) is 4.74 Å². The molecule has 2 aromatic rings. The van der Waals surface area contributed by atoms with E-state index in [0.717, 1.165) is 27.3 Å². The van der Waals surface area contributed by atoms with Crippen molar-refractivity contribution in [3.8, 4) is 5.75 Å². The van der Waals surface area contributed by atoms with E-state index in [0.29, 0.717) is 13.0 Å². The molecule has 0 radical (unpaired) electrons. The summed E-state index contributed by atoms with van der Waals surface area (Å²) < 4.78 is 6.45. The Morgan fingerprint density at radius 1 is 1.19 bits per heavy atom. The van der Waals surface area contributed by atoms with Crippen molar-refractivity contribution in [3.05, 3.63) is 40.9 Å². The molecule has 0 aliphatic rings. The monoisotopic (exact) mass is 278 g/mol. The second-order valence-electron chi connectivity index (χ2n) is 3.40. The quantitative estimate of drug-likeness (QED) is 0.631. The molecule has 0 atom stereocenters. The van der Waals surface area contributed by atoms with E-state index in [1.165, 1.54) is 0 Å². The molecule has 2 rings (SSSR count). The Kier molecular flexibility index (Phi) is 3.57. The summed E-state index contributed by atoms with van der Waals surface area (Å²) in [6, 6.07) is 12.0. The molecule has 0 aromatic heterocycles. The maximum absolute atomic E-state index is 10.2. The molecule has 0 N–H and O–H groups in total. The van der Waals surface area contributed by atoms with Crippen molar-refractivity contribution in [2.75, 3.05) is 6.61 Å². The van der Waals surface area contributed by atoms with Crippen LogP contribution in [0, 0.1) is 0 Å². The summed E-state index contributed by atoms with van der Waals surface area (Å²) in [6.07, 6.45) is 1.27. The van der Waals surface area contributed by atoms with Gasteiger partial charge in [-0.15, -0.1) is 0 Å². The lowest BCUT2D eigenvalue weighted by molar-refractivity contribution is -0.108. The zero-order valence-corrected chi connectivity index (χ0v) is 10.2. The Bertz CT molecular complexity index is 508. The number of carbonyl (C=O) groups is 1. The molecule has 0 amide bonds. The fourth-order valence-electron chi connectivity index (χ4n) is 1.54. The molecular weight excluding hydrogens is 268 g/mol. The summed E-state index contributed by atoms with van der Waals surface area (Å²) in [4.78, 5) is 10.2. The average molecular weight is 279 g/mol. The highest BCUT2D eigenvalue weighted by molar-refractivity contribution is 9.10. The highest BCUT2D eigenvalue weighted by atomic mass is 79.9. The van der Waals surface area contributed by atoms with Crippen molar-refractivity contribution in [1.29, 1.82) is 0 Å². The standard InChI is InChI=1S/C13H11BrO2/c14-13-11-5-2-1-4-10(11)6-7-12(13)16-9-3-8-15/h1-2,4-8H,3,9H2. The van der Waals surface area contributed by atoms with Gasteiger partial charge < -0.3 is 9.53 Å². The van der Waals surface area contributed by atoms with Gasteiger partial charge >= 0.3 is 0 Å². The van der Waals surface area contributed by atoms with Crippen LogP contribution in [-0.2, 0) is 4.79 Å². The predicted octanol–water partition coefficient (Wildman–Crippen LogP) is 3.57. The SMILES string of the molecule is O=CCCOc1ccc2ccccc2c1Br. The van der Waals surface area contributed by atoms with Gasteiger partial charge in [-0.3, -0.25) is 0 Å². The number of carbonyl (C=O) groups excluding carboxylic acids is 1. The molecule has 16 heavy (non-hydrogen) atoms. The predicted molar refractivity (Wildman–Crippen MR) is 67.8 cm³/mol. The molecular formula is C13H11BrO2. The summed E-state index contributed by atoms with van der Waals surface area (Å²) in [5.41, 5.74) is 0. The van der Waals surface area contributed by atoms with Crippen LogP contribution < -0.4 is 4.74 Å². The Hall–Kier alpha value is -1.35. The Labute approximate surface area is 102 Å². The van der Waals surface area contributed by atoms with E-state index < -0.39 is 0 Å². The van der Waals surface area contributed by atoms with Crippen molar-refractivity contribution in [2.45, 2.75) is 6.42 Å². The summed E-state index contributed by atoms with van der Waals surface area (Å²) in [5, 5.41) is 2.28. The number of fused-ring (bicyclic) bond motifs is 1. The van der Waals surface area contributed by atoms with Crippen molar-refractivity contribution in [3.63, 3.8) is 0 Å². The van der Waals surface area contributed by atoms with Crippen LogP contribution in [0.4, 0.5) is 0 Å². The third-order valence-corrected chi connectivity index (χ3v) is 3.14. The molecule has 0 aliphatic carbocycles. The molecule has 2 nitrogen and oxygen atoms in total. The Morgan fingerprint density at radius 2 is 2.00 bits per heavy atom. The molecule has 0 aliphatic heterocycles. The van der Waals surface area contributed by atoms with Crippen LogP contribution in [-0.4, -0.2) is 12.9 Å². The number of hydrogen-bond donors (Lipinski definition) is 0. The average Bonchev–Trinajstić information content (AvgIpc) is 2.33. The molecule has 0 unspecified atom stereocenters. The number of benzene rings is 2. The molecule has 0 fully saturated rings. The van der Waals surface area contributed by atoms with E-state index in [2.05, 4.69) is 22.0 Å². The van der Waals surface area contributed by atoms with Crippen LogP contribution in [0.3, 0.4) is 0 Å². The second kappa shape index (κ2) is 5.12. The number of hydrogen-bond acceptors (Lipinski definition) is 2. The number of halogens is 1. The van der Waals surface area contributed by atoms with E-state index in [1.54, 1.807) is 0 Å². The van der Waals surface area contributed by atoms with Gasteiger partial charge in [-0.05, 0) is 32.8 Å². The van der Waals surface area contributed by atoms with Crippen LogP contribution in [0.5, 0.6) is 5.75 Å². The fourth-order valence-corrected chi connectivity index (χ4v) is 2.15. The number of aldehydes is 1. The normalized spacial score (nSPS) is 10.3. The van der Waals surface area contributed by atoms with Gasteiger partial charge in [0.15, 0.2) is 0 Å². The molecule has 0 saturated carbocycles. The van der Waals surface area contributed by atoms with E-state index >= 15 is 0 Å². The third kappa shape index (κ3) is 2.25. The van der Waals surface area contributed by atoms with E-state index in [1.807, 2.05) is 30.3 Å². The molecule has 2 aromatic carbocycles. The van der Waals surface area contributed by atoms with Crippen LogP contribution in [0.2, 0.25) is 0 Å². The van der Waals surface area contributed by atoms with Gasteiger partial charge in [0, 0.05) is 6.42 Å². The van der Waals surface area contributed by atoms with Gasteiger partial charge in [0.05, 0.1) is 11.1 Å². The zero-order valence-electron chi connectivity index (χ0n) is 8.65. The third-order valence-electron chi connectivity index (χ3n) is 2.32. The lowest BCUT2D eigenvalue weighted by atomic mass is 10.1. The first-order chi connectivity index (χ1) is 7.83. The van der Waals surface area contributed by atoms with Crippen molar-refractivity contribution >= 4 is 33.0 Å². The van der Waals surface area contributed by atoms with Crippen molar-refractivity contribution in [2.24, 2.45) is 0 Å². The van der Waals surface area contributed by atoms with Gasteiger partial charge in [0.25, 0.3) is 0 Å². The van der Waals surface area contributed by atoms with Crippen LogP contribution in [0.1, 0.15) is 6.42 Å². The summed E-state index contributed by atoms with van der Waals surface area (Å²) >= 11 is 3.52. The second-order valence-corrected chi connectivity index (χ2v) is 4.20. The number of ether oxygens (including phenoxy) is 1. The molecule has 0 saturated heterocycles. The molecule has 0 bridgehead atoms. The van der Waals surface area contributed by atoms with Crippen LogP contribution in [0.15, 0.2) is 40.9 Å². The maximum atomic E-state index is 10.2. The molecule has 3 heteroatoms. The molecule has 0 spiro atoms. The van der Waals surface area contributed by atoms with E-state index in [9.17, 15) is 4.79 Å². The first-order valence-corrected chi connectivity index (χ1v) is 5.86. The van der Waals surface area contributed by atoms with Gasteiger partial charge in [0.2, 0.25) is 0 Å². The minimum atomic E-state index is 0.416. The Balaban J connectivity index is 2.33. The first-order valence-electron chi connectivity index (χ1n) is 5.06. The minimum absolute atomic E-state index is 0.416. The van der Waals surface area contributed by atoms with Gasteiger partial charge in [-0.25, -0.2) is 0 Å². The van der Waals surface area contributed by atoms with Crippen LogP contribution in [0.25, 0.3) is 10.8 Å². The lowest BCUT2D eigenvalue weighted by Gasteiger charge is -2.08. The number of rotatable bonds is 4. The maximum Gasteiger partial charge on any atom is 0.134 e. The fraction of sp³-hybridized carbons (Fsp3) is 0.154. The van der Waals surface area contributed by atoms with Gasteiger partial charge in [0.1, 0.15) is 12.0 Å². The van der Waals surface area contributed by atoms with Crippen molar-refractivity contribution < 1.29 is 9.53 Å². The minimum Gasteiger partial charge on any atom is -0.492 e. The molecule has 0 heterocycles. The largest absolute Gasteiger partial charge is 0.492 e. The summed E-state index contributed by atoms with van der Waals surface area (Å²) in [6.45, 7) is 0.417. The van der Waals surface area contributed by atoms with Crippen LogP contribution >= 0.6 is 15.9 Å². The van der Waals surface area contributed by atoms with Crippen molar-refractivity contribution in [1.82, 2.24) is 0 Å². The highest BCUT2D eigenvalue weighted by Crippen LogP contribution is 2.32. The first kappa shape index (κ1) is 11.1. The summed E-state index contributed by atoms with van der Waals surface area (Å²) in [5.74, 6) is 0.778. The smallest absolute Gasteiger partial charge is 0.134 e. The van der Waals surface area contributed by atoms with E-state index in [-0.39, 0.29) is 0 Å². The highest BCUT2D eigenvalue weighted by Gasteiger charge is 2.05. The van der Waals surface area contributed by atoms with Gasteiger partial charge in [-0.1, -0.05) is 30.3 Å². The topological polar surface area (TPSA) is 26.3 Å². The summed E-state index contributed by atoms with van der Waals surface area (Å²) in [7, 11) is 0. The van der Waals surface area contributed by atoms with Gasteiger partial charge in [-0.2, -0.15) is 0 Å². The zero-order chi connectivity index (χ0) is 11.4.